The Hall–Kier alpha value is -1.57. The van der Waals surface area contributed by atoms with Crippen molar-refractivity contribution in [3.8, 4) is 10.8 Å². The quantitative estimate of drug-likeness (QED) is 0.846. The average Bonchev–Trinajstić information content (AvgIpc) is 2.94. The second kappa shape index (κ2) is 9.05. The molecule has 1 atom stereocenters. The number of carbonyl (C=O) groups excluding carboxylic acids is 1. The molecular formula is C16H24ClN5OS. The number of rotatable bonds is 6. The van der Waals surface area contributed by atoms with Crippen LogP contribution in [0.1, 0.15) is 35.6 Å². The van der Waals surface area contributed by atoms with E-state index in [2.05, 4.69) is 28.8 Å². The number of hydrogen-bond donors (Lipinski definition) is 1. The van der Waals surface area contributed by atoms with Crippen molar-refractivity contribution in [2.45, 2.75) is 33.2 Å². The van der Waals surface area contributed by atoms with E-state index >= 15 is 0 Å². The molecule has 2 rings (SSSR count). The highest BCUT2D eigenvalue weighted by atomic mass is 35.5. The molecule has 0 aliphatic heterocycles. The van der Waals surface area contributed by atoms with Crippen LogP contribution in [0.3, 0.4) is 0 Å². The molecule has 0 radical (unpaired) electrons. The van der Waals surface area contributed by atoms with Gasteiger partial charge in [-0.05, 0) is 25.3 Å². The van der Waals surface area contributed by atoms with Crippen LogP contribution < -0.4 is 5.73 Å². The van der Waals surface area contributed by atoms with E-state index in [0.717, 1.165) is 6.42 Å². The van der Waals surface area contributed by atoms with Gasteiger partial charge < -0.3 is 10.6 Å². The van der Waals surface area contributed by atoms with Crippen LogP contribution in [0.4, 0.5) is 0 Å². The Kier molecular flexibility index (Phi) is 7.72. The third-order valence-electron chi connectivity index (χ3n) is 3.75. The van der Waals surface area contributed by atoms with Gasteiger partial charge >= 0.3 is 0 Å². The molecule has 0 saturated carbocycles. The van der Waals surface area contributed by atoms with E-state index in [1.165, 1.54) is 11.3 Å². The Balaban J connectivity index is 0.00000288. The number of aryl methyl sites for hydroxylation is 1. The molecule has 24 heavy (non-hydrogen) atoms. The minimum Gasteiger partial charge on any atom is -0.341 e. The molecule has 0 aliphatic carbocycles. The molecule has 2 aromatic rings. The highest BCUT2D eigenvalue weighted by Gasteiger charge is 2.21. The van der Waals surface area contributed by atoms with Crippen LogP contribution in [0, 0.1) is 12.8 Å². The summed E-state index contributed by atoms with van der Waals surface area (Å²) < 4.78 is 0. The summed E-state index contributed by atoms with van der Waals surface area (Å²) in [5.74, 6) is 0.924. The summed E-state index contributed by atoms with van der Waals surface area (Å²) >= 11 is 1.33. The minimum atomic E-state index is -0.0295. The summed E-state index contributed by atoms with van der Waals surface area (Å²) in [6, 6.07) is 1.85. The molecule has 2 N–H and O–H groups in total. The average molecular weight is 370 g/mol. The fraction of sp³-hybridized carbons (Fsp3) is 0.500. The zero-order valence-corrected chi connectivity index (χ0v) is 16.0. The van der Waals surface area contributed by atoms with Crippen molar-refractivity contribution in [3.05, 3.63) is 29.0 Å². The topological polar surface area (TPSA) is 85.0 Å². The predicted octanol–water partition coefficient (Wildman–Crippen LogP) is 2.78. The lowest BCUT2D eigenvalue weighted by molar-refractivity contribution is 0.0793. The van der Waals surface area contributed by atoms with Gasteiger partial charge in [-0.3, -0.25) is 4.79 Å². The molecule has 8 heteroatoms. The van der Waals surface area contributed by atoms with Gasteiger partial charge in [-0.15, -0.1) is 23.7 Å². The van der Waals surface area contributed by atoms with Gasteiger partial charge in [-0.1, -0.05) is 13.8 Å². The monoisotopic (exact) mass is 369 g/mol. The van der Waals surface area contributed by atoms with Crippen molar-refractivity contribution in [2.24, 2.45) is 11.7 Å². The van der Waals surface area contributed by atoms with Crippen LogP contribution in [0.2, 0.25) is 0 Å². The number of nitrogens with two attached hydrogens (primary N) is 1. The molecule has 0 aliphatic rings. The fourth-order valence-electron chi connectivity index (χ4n) is 2.05. The van der Waals surface area contributed by atoms with Crippen molar-refractivity contribution in [1.29, 1.82) is 0 Å². The van der Waals surface area contributed by atoms with E-state index < -0.39 is 0 Å². The molecule has 0 bridgehead atoms. The van der Waals surface area contributed by atoms with Crippen LogP contribution in [0.15, 0.2) is 18.5 Å². The lowest BCUT2D eigenvalue weighted by Gasteiger charge is -2.21. The maximum Gasteiger partial charge on any atom is 0.265 e. The van der Waals surface area contributed by atoms with E-state index in [0.29, 0.717) is 33.9 Å². The molecule has 0 aromatic carbocycles. The first-order chi connectivity index (χ1) is 10.9. The van der Waals surface area contributed by atoms with Crippen LogP contribution in [-0.4, -0.2) is 45.4 Å². The summed E-state index contributed by atoms with van der Waals surface area (Å²) in [6.07, 6.45) is 4.12. The zero-order valence-electron chi connectivity index (χ0n) is 14.4. The van der Waals surface area contributed by atoms with Gasteiger partial charge in [0.25, 0.3) is 5.91 Å². The Morgan fingerprint density at radius 3 is 2.54 bits per heavy atom. The van der Waals surface area contributed by atoms with Crippen molar-refractivity contribution in [2.75, 3.05) is 13.6 Å². The van der Waals surface area contributed by atoms with Crippen LogP contribution >= 0.6 is 23.7 Å². The first-order valence-electron chi connectivity index (χ1n) is 7.66. The number of halogens is 1. The Morgan fingerprint density at radius 2 is 1.96 bits per heavy atom. The molecule has 0 spiro atoms. The number of carbonyl (C=O) groups is 1. The van der Waals surface area contributed by atoms with Crippen LogP contribution in [0.25, 0.3) is 10.8 Å². The lowest BCUT2D eigenvalue weighted by Crippen LogP contribution is -2.34. The number of thiazole rings is 1. The van der Waals surface area contributed by atoms with Gasteiger partial charge in [0.1, 0.15) is 4.88 Å². The van der Waals surface area contributed by atoms with Gasteiger partial charge in [-0.2, -0.15) is 0 Å². The second-order valence-electron chi connectivity index (χ2n) is 5.93. The normalized spacial score (nSPS) is 11.9. The summed E-state index contributed by atoms with van der Waals surface area (Å²) in [5.41, 5.74) is 6.76. The van der Waals surface area contributed by atoms with Crippen molar-refractivity contribution in [1.82, 2.24) is 19.9 Å². The largest absolute Gasteiger partial charge is 0.341 e. The van der Waals surface area contributed by atoms with Gasteiger partial charge in [0.2, 0.25) is 0 Å². The van der Waals surface area contributed by atoms with Gasteiger partial charge in [0.05, 0.1) is 5.69 Å². The standard InChI is InChI=1S/C16H23N5OS.ClH/c1-10(2)12(17)6-9-21(4)16(22)13-11(3)20-15(23-13)14-18-7-5-8-19-14;/h5,7-8,10,12H,6,9,17H2,1-4H3;1H. The molecule has 132 valence electrons. The Labute approximate surface area is 152 Å². The summed E-state index contributed by atoms with van der Waals surface area (Å²) in [4.78, 5) is 27.7. The number of hydrogen-bond acceptors (Lipinski definition) is 6. The Bertz CT molecular complexity index is 662. The zero-order chi connectivity index (χ0) is 17.0. The van der Waals surface area contributed by atoms with Crippen LogP contribution in [0.5, 0.6) is 0 Å². The number of aromatic nitrogens is 3. The molecule has 0 saturated heterocycles. The maximum absolute atomic E-state index is 12.6. The molecule has 6 nitrogen and oxygen atoms in total. The second-order valence-corrected chi connectivity index (χ2v) is 6.93. The summed E-state index contributed by atoms with van der Waals surface area (Å²) in [7, 11) is 1.80. The van der Waals surface area contributed by atoms with E-state index in [1.54, 1.807) is 30.4 Å². The summed E-state index contributed by atoms with van der Waals surface area (Å²) in [5, 5.41) is 0.665. The number of amides is 1. The molecule has 0 fully saturated rings. The van der Waals surface area contributed by atoms with E-state index in [1.807, 2.05) is 6.92 Å². The first kappa shape index (κ1) is 20.5. The van der Waals surface area contributed by atoms with E-state index in [9.17, 15) is 4.79 Å². The van der Waals surface area contributed by atoms with Crippen molar-refractivity contribution in [3.63, 3.8) is 0 Å². The highest BCUT2D eigenvalue weighted by Crippen LogP contribution is 2.26. The highest BCUT2D eigenvalue weighted by molar-refractivity contribution is 7.17. The fourth-order valence-corrected chi connectivity index (χ4v) is 3.06. The SMILES string of the molecule is Cc1nc(-c2ncccn2)sc1C(=O)N(C)CCC(N)C(C)C.Cl. The molecule has 1 unspecified atom stereocenters. The third-order valence-corrected chi connectivity index (χ3v) is 4.89. The van der Waals surface area contributed by atoms with E-state index in [4.69, 9.17) is 5.73 Å². The predicted molar refractivity (Wildman–Crippen MR) is 99.5 cm³/mol. The number of nitrogens with zero attached hydrogens (tertiary/aromatic N) is 4. The molecule has 2 aromatic heterocycles. The van der Waals surface area contributed by atoms with Gasteiger partial charge in [0, 0.05) is 32.0 Å². The first-order valence-corrected chi connectivity index (χ1v) is 8.47. The maximum atomic E-state index is 12.6. The summed E-state index contributed by atoms with van der Waals surface area (Å²) in [6.45, 7) is 6.65. The smallest absolute Gasteiger partial charge is 0.265 e. The third kappa shape index (κ3) is 4.96. The molecule has 2 heterocycles. The minimum absolute atomic E-state index is 0. The van der Waals surface area contributed by atoms with Crippen molar-refractivity contribution >= 4 is 29.7 Å². The Morgan fingerprint density at radius 1 is 1.33 bits per heavy atom. The van der Waals surface area contributed by atoms with Crippen molar-refractivity contribution < 1.29 is 4.79 Å². The van der Waals surface area contributed by atoms with Crippen LogP contribution in [-0.2, 0) is 0 Å². The van der Waals surface area contributed by atoms with E-state index in [-0.39, 0.29) is 24.4 Å². The van der Waals surface area contributed by atoms with Gasteiger partial charge in [-0.25, -0.2) is 15.0 Å². The molecular weight excluding hydrogens is 346 g/mol. The molecule has 1 amide bonds. The van der Waals surface area contributed by atoms with Gasteiger partial charge in [0.15, 0.2) is 10.8 Å². The lowest BCUT2D eigenvalue weighted by atomic mass is 10.0.